The van der Waals surface area contributed by atoms with Gasteiger partial charge in [-0.2, -0.15) is 0 Å². The van der Waals surface area contributed by atoms with Crippen molar-refractivity contribution in [3.8, 4) is 5.75 Å². The summed E-state index contributed by atoms with van der Waals surface area (Å²) >= 11 is 1.17. The van der Waals surface area contributed by atoms with Gasteiger partial charge in [0.25, 0.3) is 5.56 Å². The molecule has 3 rings (SSSR count). The third kappa shape index (κ3) is 6.49. The van der Waals surface area contributed by atoms with E-state index >= 15 is 0 Å². The van der Waals surface area contributed by atoms with Crippen LogP contribution in [0.3, 0.4) is 0 Å². The van der Waals surface area contributed by atoms with Gasteiger partial charge in [-0.1, -0.05) is 62.9 Å². The van der Waals surface area contributed by atoms with Crippen LogP contribution in [0.5, 0.6) is 5.75 Å². The summed E-state index contributed by atoms with van der Waals surface area (Å²) in [6.07, 6.45) is 0. The Hall–Kier alpha value is -3.06. The molecule has 156 valence electrons. The summed E-state index contributed by atoms with van der Waals surface area (Å²) in [5.41, 5.74) is 2.22. The van der Waals surface area contributed by atoms with Crippen molar-refractivity contribution in [2.45, 2.75) is 37.9 Å². The molecule has 0 aliphatic heterocycles. The standard InChI is InChI=1S/C23H25N3O3S/c1-23(2,3)16-9-11-17(12-10-16)24-21(28)15-30-22-25-18(13-20(27)26-22)14-29-19-7-5-4-6-8-19/h4-13H,14-15H2,1-3H3,(H,24,28)(H,25,26,27). The lowest BCUT2D eigenvalue weighted by atomic mass is 9.87. The summed E-state index contributed by atoms with van der Waals surface area (Å²) < 4.78 is 5.64. The van der Waals surface area contributed by atoms with Gasteiger partial charge in [0.05, 0.1) is 11.4 Å². The van der Waals surface area contributed by atoms with E-state index < -0.39 is 0 Å². The van der Waals surface area contributed by atoms with E-state index in [0.29, 0.717) is 16.6 Å². The van der Waals surface area contributed by atoms with Crippen molar-refractivity contribution in [2.24, 2.45) is 0 Å². The van der Waals surface area contributed by atoms with Gasteiger partial charge in [-0.3, -0.25) is 9.59 Å². The van der Waals surface area contributed by atoms with E-state index in [0.717, 1.165) is 5.69 Å². The molecule has 0 radical (unpaired) electrons. The molecule has 3 aromatic rings. The predicted molar refractivity (Wildman–Crippen MR) is 120 cm³/mol. The number of carbonyl (C=O) groups excluding carboxylic acids is 1. The number of anilines is 1. The van der Waals surface area contributed by atoms with Gasteiger partial charge >= 0.3 is 0 Å². The lowest BCUT2D eigenvalue weighted by Gasteiger charge is -2.19. The molecule has 2 N–H and O–H groups in total. The minimum absolute atomic E-state index is 0.0607. The number of aromatic amines is 1. The second kappa shape index (κ2) is 9.63. The molecule has 0 aliphatic rings. The number of hydrogen-bond acceptors (Lipinski definition) is 5. The highest BCUT2D eigenvalue weighted by atomic mass is 32.2. The Morgan fingerprint density at radius 3 is 2.47 bits per heavy atom. The van der Waals surface area contributed by atoms with Crippen molar-refractivity contribution in [3.63, 3.8) is 0 Å². The average Bonchev–Trinajstić information content (AvgIpc) is 2.71. The quantitative estimate of drug-likeness (QED) is 0.435. The molecule has 0 unspecified atom stereocenters. The Bertz CT molecular complexity index is 1040. The lowest BCUT2D eigenvalue weighted by Crippen LogP contribution is -2.16. The SMILES string of the molecule is CC(C)(C)c1ccc(NC(=O)CSc2nc(COc3ccccc3)cc(=O)[nH]2)cc1. The number of nitrogens with one attached hydrogen (secondary N) is 2. The van der Waals surface area contributed by atoms with E-state index in [1.807, 2.05) is 54.6 Å². The van der Waals surface area contributed by atoms with E-state index in [-0.39, 0.29) is 29.2 Å². The summed E-state index contributed by atoms with van der Waals surface area (Å²) in [6.45, 7) is 6.60. The topological polar surface area (TPSA) is 84.1 Å². The third-order valence-corrected chi connectivity index (χ3v) is 5.15. The molecule has 2 aromatic carbocycles. The highest BCUT2D eigenvalue weighted by molar-refractivity contribution is 7.99. The van der Waals surface area contributed by atoms with Gasteiger partial charge in [-0.15, -0.1) is 0 Å². The molecule has 1 aromatic heterocycles. The first-order valence-corrected chi connectivity index (χ1v) is 10.6. The molecule has 0 saturated heterocycles. The number of amides is 1. The van der Waals surface area contributed by atoms with E-state index in [1.54, 1.807) is 0 Å². The second-order valence-corrected chi connectivity index (χ2v) is 8.77. The minimum Gasteiger partial charge on any atom is -0.487 e. The predicted octanol–water partition coefficient (Wildman–Crippen LogP) is 4.38. The smallest absolute Gasteiger partial charge is 0.251 e. The number of H-pyrrole nitrogens is 1. The van der Waals surface area contributed by atoms with E-state index in [1.165, 1.54) is 23.4 Å². The summed E-state index contributed by atoms with van der Waals surface area (Å²) in [7, 11) is 0. The van der Waals surface area contributed by atoms with Crippen LogP contribution in [-0.4, -0.2) is 21.6 Å². The number of para-hydroxylation sites is 1. The molecular weight excluding hydrogens is 398 g/mol. The molecule has 6 nitrogen and oxygen atoms in total. The van der Waals surface area contributed by atoms with Gasteiger partial charge in [0, 0.05) is 11.8 Å². The van der Waals surface area contributed by atoms with Crippen LogP contribution in [0.15, 0.2) is 70.6 Å². The van der Waals surface area contributed by atoms with Crippen molar-refractivity contribution in [1.29, 1.82) is 0 Å². The highest BCUT2D eigenvalue weighted by Crippen LogP contribution is 2.23. The molecule has 0 spiro atoms. The number of carbonyl (C=O) groups is 1. The van der Waals surface area contributed by atoms with Crippen LogP contribution in [0.4, 0.5) is 5.69 Å². The van der Waals surface area contributed by atoms with Crippen LogP contribution in [-0.2, 0) is 16.8 Å². The first kappa shape index (κ1) is 21.6. The molecule has 1 amide bonds. The lowest BCUT2D eigenvalue weighted by molar-refractivity contribution is -0.113. The van der Waals surface area contributed by atoms with E-state index in [2.05, 4.69) is 36.1 Å². The Kier molecular flexibility index (Phi) is 6.95. The van der Waals surface area contributed by atoms with Gasteiger partial charge < -0.3 is 15.0 Å². The molecule has 0 saturated carbocycles. The summed E-state index contributed by atoms with van der Waals surface area (Å²) in [5.74, 6) is 0.662. The molecule has 0 aliphatic carbocycles. The zero-order chi connectivity index (χ0) is 21.6. The van der Waals surface area contributed by atoms with Gasteiger partial charge in [0.15, 0.2) is 5.16 Å². The number of thioether (sulfide) groups is 1. The van der Waals surface area contributed by atoms with Crippen LogP contribution in [0, 0.1) is 0 Å². The van der Waals surface area contributed by atoms with Crippen molar-refractivity contribution in [1.82, 2.24) is 9.97 Å². The maximum atomic E-state index is 12.3. The second-order valence-electron chi connectivity index (χ2n) is 7.81. The number of benzene rings is 2. The van der Waals surface area contributed by atoms with Crippen molar-refractivity contribution in [3.05, 3.63) is 82.3 Å². The summed E-state index contributed by atoms with van der Waals surface area (Å²) in [6, 6.07) is 18.5. The molecule has 0 fully saturated rings. The Morgan fingerprint density at radius 1 is 1.10 bits per heavy atom. The molecule has 7 heteroatoms. The first-order valence-electron chi connectivity index (χ1n) is 9.61. The minimum atomic E-state index is -0.280. The number of rotatable bonds is 7. The van der Waals surface area contributed by atoms with Gasteiger partial charge in [-0.25, -0.2) is 4.98 Å². The van der Waals surface area contributed by atoms with Crippen LogP contribution < -0.4 is 15.6 Å². The summed E-state index contributed by atoms with van der Waals surface area (Å²) in [4.78, 5) is 31.2. The number of ether oxygens (including phenoxy) is 1. The maximum Gasteiger partial charge on any atom is 0.251 e. The van der Waals surface area contributed by atoms with Crippen molar-refractivity contribution < 1.29 is 9.53 Å². The monoisotopic (exact) mass is 423 g/mol. The van der Waals surface area contributed by atoms with E-state index in [9.17, 15) is 9.59 Å². The van der Waals surface area contributed by atoms with Gasteiger partial charge in [-0.05, 0) is 35.2 Å². The number of hydrogen-bond donors (Lipinski definition) is 2. The normalized spacial score (nSPS) is 11.2. The molecule has 0 atom stereocenters. The fraction of sp³-hybridized carbons (Fsp3) is 0.261. The van der Waals surface area contributed by atoms with Crippen LogP contribution in [0.25, 0.3) is 0 Å². The largest absolute Gasteiger partial charge is 0.487 e. The average molecular weight is 424 g/mol. The number of aromatic nitrogens is 2. The van der Waals surface area contributed by atoms with Crippen molar-refractivity contribution >= 4 is 23.4 Å². The first-order chi connectivity index (χ1) is 14.3. The molecule has 30 heavy (non-hydrogen) atoms. The van der Waals surface area contributed by atoms with Crippen LogP contribution in [0.1, 0.15) is 32.0 Å². The Labute approximate surface area is 180 Å². The van der Waals surface area contributed by atoms with Gasteiger partial charge in [0.1, 0.15) is 12.4 Å². The highest BCUT2D eigenvalue weighted by Gasteiger charge is 2.13. The van der Waals surface area contributed by atoms with Crippen molar-refractivity contribution in [2.75, 3.05) is 11.1 Å². The molecule has 1 heterocycles. The fourth-order valence-electron chi connectivity index (χ4n) is 2.68. The van der Waals surface area contributed by atoms with E-state index in [4.69, 9.17) is 4.74 Å². The summed E-state index contributed by atoms with van der Waals surface area (Å²) in [5, 5.41) is 3.24. The zero-order valence-electron chi connectivity index (χ0n) is 17.3. The van der Waals surface area contributed by atoms with Crippen LogP contribution in [0.2, 0.25) is 0 Å². The third-order valence-electron chi connectivity index (χ3n) is 4.28. The Balaban J connectivity index is 1.55. The van der Waals surface area contributed by atoms with Crippen LogP contribution >= 0.6 is 11.8 Å². The number of nitrogens with zero attached hydrogens (tertiary/aromatic N) is 1. The zero-order valence-corrected chi connectivity index (χ0v) is 18.1. The maximum absolute atomic E-state index is 12.3. The Morgan fingerprint density at radius 2 is 1.80 bits per heavy atom. The fourth-order valence-corrected chi connectivity index (χ4v) is 3.38. The molecule has 0 bridgehead atoms. The molecular formula is C23H25N3O3S. The van der Waals surface area contributed by atoms with Gasteiger partial charge in [0.2, 0.25) is 5.91 Å².